The first-order chi connectivity index (χ1) is 12.1. The highest BCUT2D eigenvalue weighted by atomic mass is 35.5. The number of hydrogen-bond acceptors (Lipinski definition) is 5. The molecule has 0 unspecified atom stereocenters. The van der Waals surface area contributed by atoms with Gasteiger partial charge in [-0.05, 0) is 25.1 Å². The van der Waals surface area contributed by atoms with Crippen LogP contribution >= 0.6 is 22.9 Å². The number of hydrogen-bond donors (Lipinski definition) is 0. The Morgan fingerprint density at radius 2 is 2.08 bits per heavy atom. The lowest BCUT2D eigenvalue weighted by atomic mass is 10.2. The fourth-order valence-corrected chi connectivity index (χ4v) is 4.19. The summed E-state index contributed by atoms with van der Waals surface area (Å²) in [5, 5.41) is 1.66. The number of carbonyl (C=O) groups excluding carboxylic acids is 1. The molecule has 1 aliphatic rings. The summed E-state index contributed by atoms with van der Waals surface area (Å²) in [4.78, 5) is 22.3. The van der Waals surface area contributed by atoms with Crippen LogP contribution in [0.4, 0.5) is 5.69 Å². The number of nitrogens with zero attached hydrogens (tertiary/aromatic N) is 3. The molecular formula is C18H22ClN3O2S. The number of aryl methyl sites for hydroxylation is 1. The van der Waals surface area contributed by atoms with Gasteiger partial charge in [0.2, 0.25) is 5.91 Å². The zero-order valence-corrected chi connectivity index (χ0v) is 16.1. The molecule has 1 amide bonds. The summed E-state index contributed by atoms with van der Waals surface area (Å²) in [6.07, 6.45) is 0.421. The van der Waals surface area contributed by atoms with Crippen molar-refractivity contribution in [2.45, 2.75) is 20.0 Å². The van der Waals surface area contributed by atoms with Crippen molar-refractivity contribution >= 4 is 34.5 Å². The van der Waals surface area contributed by atoms with Crippen LogP contribution in [-0.4, -0.2) is 49.1 Å². The largest absolute Gasteiger partial charge is 0.378 e. The minimum Gasteiger partial charge on any atom is -0.378 e. The molecule has 1 saturated heterocycles. The van der Waals surface area contributed by atoms with Gasteiger partial charge in [0.25, 0.3) is 0 Å². The zero-order valence-electron chi connectivity index (χ0n) is 14.5. The van der Waals surface area contributed by atoms with Crippen molar-refractivity contribution in [1.29, 1.82) is 0 Å². The molecule has 134 valence electrons. The molecular weight excluding hydrogens is 358 g/mol. The SMILES string of the molecule is COCc1nc(C)c(CC(=O)N2CCN(c3cccc(Cl)c3)CC2)s1. The molecule has 0 radical (unpaired) electrons. The molecule has 2 aromatic rings. The molecule has 0 spiro atoms. The highest BCUT2D eigenvalue weighted by molar-refractivity contribution is 7.11. The molecule has 5 nitrogen and oxygen atoms in total. The minimum absolute atomic E-state index is 0.168. The lowest BCUT2D eigenvalue weighted by Crippen LogP contribution is -2.49. The summed E-state index contributed by atoms with van der Waals surface area (Å²) >= 11 is 7.63. The monoisotopic (exact) mass is 379 g/mol. The van der Waals surface area contributed by atoms with E-state index in [-0.39, 0.29) is 5.91 Å². The molecule has 7 heteroatoms. The Labute approximate surface area is 157 Å². The first kappa shape index (κ1) is 18.2. The van der Waals surface area contributed by atoms with E-state index in [1.165, 1.54) is 0 Å². The molecule has 0 atom stereocenters. The van der Waals surface area contributed by atoms with Gasteiger partial charge in [-0.3, -0.25) is 4.79 Å². The summed E-state index contributed by atoms with van der Waals surface area (Å²) in [5.41, 5.74) is 2.05. The molecule has 0 aliphatic carbocycles. The van der Waals surface area contributed by atoms with Crippen molar-refractivity contribution in [3.8, 4) is 0 Å². The van der Waals surface area contributed by atoms with E-state index >= 15 is 0 Å². The Hall–Kier alpha value is -1.63. The van der Waals surface area contributed by atoms with Gasteiger partial charge in [0.15, 0.2) is 0 Å². The molecule has 0 N–H and O–H groups in total. The van der Waals surface area contributed by atoms with Gasteiger partial charge in [0.05, 0.1) is 18.7 Å². The summed E-state index contributed by atoms with van der Waals surface area (Å²) < 4.78 is 5.12. The van der Waals surface area contributed by atoms with Gasteiger partial charge in [-0.25, -0.2) is 4.98 Å². The third kappa shape index (κ3) is 4.51. The predicted molar refractivity (Wildman–Crippen MR) is 102 cm³/mol. The summed E-state index contributed by atoms with van der Waals surface area (Å²) in [6.45, 7) is 5.56. The van der Waals surface area contributed by atoms with E-state index in [1.54, 1.807) is 18.4 Å². The highest BCUT2D eigenvalue weighted by Crippen LogP contribution is 2.22. The summed E-state index contributed by atoms with van der Waals surface area (Å²) in [7, 11) is 1.65. The third-order valence-corrected chi connectivity index (χ3v) is 5.69. The van der Waals surface area contributed by atoms with Gasteiger partial charge in [0.1, 0.15) is 5.01 Å². The molecule has 0 bridgehead atoms. The van der Waals surface area contributed by atoms with Crippen molar-refractivity contribution in [3.05, 3.63) is 44.9 Å². The van der Waals surface area contributed by atoms with Gasteiger partial charge in [-0.1, -0.05) is 17.7 Å². The number of ether oxygens (including phenoxy) is 1. The average molecular weight is 380 g/mol. The Morgan fingerprint density at radius 1 is 1.32 bits per heavy atom. The highest BCUT2D eigenvalue weighted by Gasteiger charge is 2.23. The number of piperazine rings is 1. The molecule has 1 aromatic carbocycles. The molecule has 2 heterocycles. The van der Waals surface area contributed by atoms with Gasteiger partial charge in [0, 0.05) is 48.9 Å². The fraction of sp³-hybridized carbons (Fsp3) is 0.444. The van der Waals surface area contributed by atoms with Crippen LogP contribution in [0.5, 0.6) is 0 Å². The molecule has 0 saturated carbocycles. The topological polar surface area (TPSA) is 45.7 Å². The number of benzene rings is 1. The molecule has 25 heavy (non-hydrogen) atoms. The van der Waals surface area contributed by atoms with Gasteiger partial charge < -0.3 is 14.5 Å². The second-order valence-corrected chi connectivity index (χ2v) is 7.68. The van der Waals surface area contributed by atoms with E-state index in [0.717, 1.165) is 52.5 Å². The summed E-state index contributed by atoms with van der Waals surface area (Å²) in [5.74, 6) is 0.168. The van der Waals surface area contributed by atoms with Crippen LogP contribution in [0.3, 0.4) is 0 Å². The van der Waals surface area contributed by atoms with Gasteiger partial charge in [-0.15, -0.1) is 11.3 Å². The van der Waals surface area contributed by atoms with Crippen LogP contribution < -0.4 is 4.90 Å². The Morgan fingerprint density at radius 3 is 2.76 bits per heavy atom. The lowest BCUT2D eigenvalue weighted by Gasteiger charge is -2.36. The van der Waals surface area contributed by atoms with Gasteiger partial charge >= 0.3 is 0 Å². The molecule has 1 fully saturated rings. The summed E-state index contributed by atoms with van der Waals surface area (Å²) in [6, 6.07) is 7.86. The van der Waals surface area contributed by atoms with Crippen molar-refractivity contribution in [1.82, 2.24) is 9.88 Å². The van der Waals surface area contributed by atoms with Crippen LogP contribution in [0, 0.1) is 6.92 Å². The first-order valence-electron chi connectivity index (χ1n) is 8.29. The number of methoxy groups -OCH3 is 1. The zero-order chi connectivity index (χ0) is 17.8. The van der Waals surface area contributed by atoms with E-state index < -0.39 is 0 Å². The smallest absolute Gasteiger partial charge is 0.228 e. The second-order valence-electron chi connectivity index (χ2n) is 6.07. The Balaban J connectivity index is 1.56. The average Bonchev–Trinajstić information content (AvgIpc) is 2.94. The maximum Gasteiger partial charge on any atom is 0.228 e. The van der Waals surface area contributed by atoms with Crippen molar-refractivity contribution in [2.24, 2.45) is 0 Å². The van der Waals surface area contributed by atoms with Crippen LogP contribution in [-0.2, 0) is 22.6 Å². The standard InChI is InChI=1S/C18H22ClN3O2S/c1-13-16(25-17(20-13)12-24-2)11-18(23)22-8-6-21(7-9-22)15-5-3-4-14(19)10-15/h3-5,10H,6-9,11-12H2,1-2H3. The second kappa shape index (κ2) is 8.17. The quantitative estimate of drug-likeness (QED) is 0.800. The van der Waals surface area contributed by atoms with E-state index in [4.69, 9.17) is 16.3 Å². The van der Waals surface area contributed by atoms with Crippen molar-refractivity contribution in [2.75, 3.05) is 38.2 Å². The van der Waals surface area contributed by atoms with Gasteiger partial charge in [-0.2, -0.15) is 0 Å². The third-order valence-electron chi connectivity index (χ3n) is 4.32. The van der Waals surface area contributed by atoms with Crippen LogP contribution in [0.25, 0.3) is 0 Å². The number of halogens is 1. The Kier molecular flexibility index (Phi) is 5.93. The van der Waals surface area contributed by atoms with E-state index in [9.17, 15) is 4.79 Å². The molecule has 1 aromatic heterocycles. The van der Waals surface area contributed by atoms with Crippen molar-refractivity contribution < 1.29 is 9.53 Å². The number of aromatic nitrogens is 1. The first-order valence-corrected chi connectivity index (χ1v) is 9.48. The van der Waals surface area contributed by atoms with Crippen LogP contribution in [0.1, 0.15) is 15.6 Å². The molecule has 3 rings (SSSR count). The van der Waals surface area contributed by atoms with E-state index in [1.807, 2.05) is 30.0 Å². The Bertz CT molecular complexity index is 742. The molecule has 1 aliphatic heterocycles. The normalized spacial score (nSPS) is 14.8. The fourth-order valence-electron chi connectivity index (χ4n) is 2.97. The van der Waals surface area contributed by atoms with Crippen LogP contribution in [0.15, 0.2) is 24.3 Å². The number of thiazole rings is 1. The lowest BCUT2D eigenvalue weighted by molar-refractivity contribution is -0.130. The van der Waals surface area contributed by atoms with E-state index in [2.05, 4.69) is 16.0 Å². The minimum atomic E-state index is 0.168. The maximum absolute atomic E-state index is 12.6. The van der Waals surface area contributed by atoms with Crippen LogP contribution in [0.2, 0.25) is 5.02 Å². The predicted octanol–water partition coefficient (Wildman–Crippen LogP) is 3.14. The number of carbonyl (C=O) groups is 1. The number of amides is 1. The van der Waals surface area contributed by atoms with E-state index in [0.29, 0.717) is 13.0 Å². The van der Waals surface area contributed by atoms with Crippen molar-refractivity contribution in [3.63, 3.8) is 0 Å². The number of rotatable bonds is 5. The maximum atomic E-state index is 12.6. The number of anilines is 1.